The van der Waals surface area contributed by atoms with Crippen molar-refractivity contribution >= 4 is 5.97 Å². The minimum absolute atomic E-state index is 0.319. The van der Waals surface area contributed by atoms with E-state index in [1.807, 2.05) is 24.3 Å². The van der Waals surface area contributed by atoms with Gasteiger partial charge in [0, 0.05) is 0 Å². The topological polar surface area (TPSA) is 35.5 Å². The van der Waals surface area contributed by atoms with Crippen molar-refractivity contribution < 1.29 is 14.3 Å². The lowest BCUT2D eigenvalue weighted by Gasteiger charge is -2.34. The first kappa shape index (κ1) is 22.4. The SMILES string of the molecule is CCCCOc1ccc(OC(=O)c2ccc(C3CCC(CCC)CC3C)cc2)cc1. The zero-order valence-corrected chi connectivity index (χ0v) is 18.7. The van der Waals surface area contributed by atoms with Gasteiger partial charge in [0.15, 0.2) is 0 Å². The number of carbonyl (C=O) groups excluding carboxylic acids is 1. The van der Waals surface area contributed by atoms with Crippen LogP contribution >= 0.6 is 0 Å². The molecule has 162 valence electrons. The smallest absolute Gasteiger partial charge is 0.343 e. The highest BCUT2D eigenvalue weighted by atomic mass is 16.5. The molecular formula is C27H36O3. The molecule has 0 heterocycles. The molecular weight excluding hydrogens is 372 g/mol. The number of unbranched alkanes of at least 4 members (excludes halogenated alkanes) is 1. The molecule has 3 rings (SSSR count). The summed E-state index contributed by atoms with van der Waals surface area (Å²) >= 11 is 0. The Morgan fingerprint density at radius 1 is 0.933 bits per heavy atom. The van der Waals surface area contributed by atoms with E-state index in [-0.39, 0.29) is 5.97 Å². The summed E-state index contributed by atoms with van der Waals surface area (Å²) in [6.07, 6.45) is 8.67. The zero-order valence-electron chi connectivity index (χ0n) is 18.7. The number of esters is 1. The molecule has 3 unspecified atom stereocenters. The van der Waals surface area contributed by atoms with Crippen LogP contribution in [-0.4, -0.2) is 12.6 Å². The fourth-order valence-corrected chi connectivity index (χ4v) is 4.64. The fourth-order valence-electron chi connectivity index (χ4n) is 4.64. The van der Waals surface area contributed by atoms with Gasteiger partial charge < -0.3 is 9.47 Å². The Kier molecular flexibility index (Phi) is 8.36. The van der Waals surface area contributed by atoms with Crippen LogP contribution in [0.4, 0.5) is 0 Å². The summed E-state index contributed by atoms with van der Waals surface area (Å²) in [4.78, 5) is 12.5. The lowest BCUT2D eigenvalue weighted by atomic mass is 9.71. The molecule has 0 spiro atoms. The van der Waals surface area contributed by atoms with Crippen molar-refractivity contribution in [3.63, 3.8) is 0 Å². The number of hydrogen-bond donors (Lipinski definition) is 0. The van der Waals surface area contributed by atoms with Gasteiger partial charge in [-0.2, -0.15) is 0 Å². The summed E-state index contributed by atoms with van der Waals surface area (Å²) in [5.74, 6) is 3.21. The molecule has 0 aromatic heterocycles. The van der Waals surface area contributed by atoms with E-state index in [2.05, 4.69) is 32.9 Å². The molecule has 3 atom stereocenters. The zero-order chi connectivity index (χ0) is 21.3. The predicted octanol–water partition coefficient (Wildman–Crippen LogP) is 7.40. The Bertz CT molecular complexity index is 779. The highest BCUT2D eigenvalue weighted by Crippen LogP contribution is 2.41. The molecule has 0 aliphatic heterocycles. The van der Waals surface area contributed by atoms with E-state index < -0.39 is 0 Å². The van der Waals surface area contributed by atoms with Gasteiger partial charge in [0.1, 0.15) is 11.5 Å². The van der Waals surface area contributed by atoms with Crippen LogP contribution in [0.25, 0.3) is 0 Å². The quantitative estimate of drug-likeness (QED) is 0.246. The second-order valence-corrected chi connectivity index (χ2v) is 8.74. The van der Waals surface area contributed by atoms with Crippen LogP contribution in [-0.2, 0) is 0 Å². The van der Waals surface area contributed by atoms with Crippen molar-refractivity contribution in [3.05, 3.63) is 59.7 Å². The molecule has 0 saturated heterocycles. The Morgan fingerprint density at radius 3 is 2.27 bits per heavy atom. The summed E-state index contributed by atoms with van der Waals surface area (Å²) in [6.45, 7) is 7.51. The molecule has 1 aliphatic carbocycles. The molecule has 1 aliphatic rings. The lowest BCUT2D eigenvalue weighted by molar-refractivity contribution is 0.0734. The second kappa shape index (κ2) is 11.2. The number of benzene rings is 2. The molecule has 2 aromatic carbocycles. The van der Waals surface area contributed by atoms with E-state index >= 15 is 0 Å². The minimum Gasteiger partial charge on any atom is -0.494 e. The van der Waals surface area contributed by atoms with Crippen LogP contribution in [0, 0.1) is 11.8 Å². The van der Waals surface area contributed by atoms with Gasteiger partial charge in [-0.05, 0) is 85.4 Å². The highest BCUT2D eigenvalue weighted by molar-refractivity contribution is 5.91. The monoisotopic (exact) mass is 408 g/mol. The first-order chi connectivity index (χ1) is 14.6. The van der Waals surface area contributed by atoms with E-state index in [0.717, 1.165) is 24.5 Å². The Hall–Kier alpha value is -2.29. The van der Waals surface area contributed by atoms with Crippen molar-refractivity contribution in [1.82, 2.24) is 0 Å². The third-order valence-electron chi connectivity index (χ3n) is 6.35. The summed E-state index contributed by atoms with van der Waals surface area (Å²) in [6, 6.07) is 15.3. The first-order valence-electron chi connectivity index (χ1n) is 11.7. The van der Waals surface area contributed by atoms with Crippen molar-refractivity contribution in [2.45, 2.75) is 71.6 Å². The highest BCUT2D eigenvalue weighted by Gasteiger charge is 2.28. The van der Waals surface area contributed by atoms with Crippen molar-refractivity contribution in [2.75, 3.05) is 6.61 Å². The lowest BCUT2D eigenvalue weighted by Crippen LogP contribution is -2.21. The average molecular weight is 409 g/mol. The van der Waals surface area contributed by atoms with Gasteiger partial charge in [0.2, 0.25) is 0 Å². The van der Waals surface area contributed by atoms with E-state index in [1.54, 1.807) is 12.1 Å². The molecule has 0 N–H and O–H groups in total. The van der Waals surface area contributed by atoms with Crippen LogP contribution in [0.2, 0.25) is 0 Å². The minimum atomic E-state index is -0.319. The Labute approximate surface area is 181 Å². The normalized spacial score (nSPS) is 21.2. The molecule has 1 saturated carbocycles. The molecule has 3 heteroatoms. The van der Waals surface area contributed by atoms with Gasteiger partial charge in [-0.25, -0.2) is 4.79 Å². The van der Waals surface area contributed by atoms with Gasteiger partial charge in [0.05, 0.1) is 12.2 Å². The van der Waals surface area contributed by atoms with Crippen molar-refractivity contribution in [2.24, 2.45) is 11.8 Å². The summed E-state index contributed by atoms with van der Waals surface area (Å²) in [5, 5.41) is 0. The number of ether oxygens (including phenoxy) is 2. The maximum absolute atomic E-state index is 12.5. The van der Waals surface area contributed by atoms with E-state index in [4.69, 9.17) is 9.47 Å². The summed E-state index contributed by atoms with van der Waals surface area (Å²) in [7, 11) is 0. The Morgan fingerprint density at radius 2 is 1.63 bits per heavy atom. The standard InChI is InChI=1S/C27H36O3/c1-4-6-18-29-24-13-15-25(16-14-24)30-27(28)23-11-9-22(10-12-23)26-17-8-21(7-5-2)19-20(26)3/h9-16,20-21,26H,4-8,17-19H2,1-3H3. The van der Waals surface area contributed by atoms with Crippen LogP contribution in [0.3, 0.4) is 0 Å². The molecule has 1 fully saturated rings. The number of carbonyl (C=O) groups is 1. The average Bonchev–Trinajstić information content (AvgIpc) is 2.76. The fraction of sp³-hybridized carbons (Fsp3) is 0.519. The van der Waals surface area contributed by atoms with Gasteiger partial charge in [-0.3, -0.25) is 0 Å². The van der Waals surface area contributed by atoms with E-state index in [1.165, 1.54) is 37.7 Å². The van der Waals surface area contributed by atoms with Crippen LogP contribution in [0.1, 0.15) is 87.6 Å². The number of hydrogen-bond acceptors (Lipinski definition) is 3. The van der Waals surface area contributed by atoms with Gasteiger partial charge in [-0.1, -0.05) is 52.2 Å². The molecule has 0 bridgehead atoms. The maximum atomic E-state index is 12.5. The van der Waals surface area contributed by atoms with E-state index in [9.17, 15) is 4.79 Å². The maximum Gasteiger partial charge on any atom is 0.343 e. The molecule has 0 radical (unpaired) electrons. The predicted molar refractivity (Wildman–Crippen MR) is 122 cm³/mol. The van der Waals surface area contributed by atoms with Gasteiger partial charge in [0.25, 0.3) is 0 Å². The third-order valence-corrected chi connectivity index (χ3v) is 6.35. The largest absolute Gasteiger partial charge is 0.494 e. The van der Waals surface area contributed by atoms with Crippen LogP contribution < -0.4 is 9.47 Å². The molecule has 30 heavy (non-hydrogen) atoms. The van der Waals surface area contributed by atoms with Crippen LogP contribution in [0.5, 0.6) is 11.5 Å². The van der Waals surface area contributed by atoms with Crippen LogP contribution in [0.15, 0.2) is 48.5 Å². The summed E-state index contributed by atoms with van der Waals surface area (Å²) < 4.78 is 11.2. The van der Waals surface area contributed by atoms with Gasteiger partial charge in [-0.15, -0.1) is 0 Å². The Balaban J connectivity index is 1.55. The molecule has 0 amide bonds. The van der Waals surface area contributed by atoms with Crippen molar-refractivity contribution in [3.8, 4) is 11.5 Å². The van der Waals surface area contributed by atoms with Crippen molar-refractivity contribution in [1.29, 1.82) is 0 Å². The molecule has 2 aromatic rings. The van der Waals surface area contributed by atoms with E-state index in [0.29, 0.717) is 29.8 Å². The number of rotatable bonds is 9. The second-order valence-electron chi connectivity index (χ2n) is 8.74. The first-order valence-corrected chi connectivity index (χ1v) is 11.7. The van der Waals surface area contributed by atoms with Gasteiger partial charge >= 0.3 is 5.97 Å². The summed E-state index contributed by atoms with van der Waals surface area (Å²) in [5.41, 5.74) is 1.94. The third kappa shape index (κ3) is 6.10. The molecule has 3 nitrogen and oxygen atoms in total.